The fourth-order valence-corrected chi connectivity index (χ4v) is 2.50. The van der Waals surface area contributed by atoms with E-state index in [2.05, 4.69) is 27.3 Å². The maximum absolute atomic E-state index is 9.56. The molecule has 2 rings (SSSR count). The van der Waals surface area contributed by atoms with Crippen LogP contribution >= 0.6 is 15.9 Å². The zero-order valence-corrected chi connectivity index (χ0v) is 11.4. The summed E-state index contributed by atoms with van der Waals surface area (Å²) in [6.45, 7) is 2.38. The first-order chi connectivity index (χ1) is 8.26. The lowest BCUT2D eigenvalue weighted by molar-refractivity contribution is 0.0111. The van der Waals surface area contributed by atoms with Crippen molar-refractivity contribution in [1.82, 2.24) is 5.32 Å². The van der Waals surface area contributed by atoms with E-state index in [0.717, 1.165) is 37.1 Å². The van der Waals surface area contributed by atoms with Gasteiger partial charge in [0.25, 0.3) is 0 Å². The molecule has 1 heterocycles. The van der Waals surface area contributed by atoms with E-state index in [-0.39, 0.29) is 12.1 Å². The predicted octanol–water partition coefficient (Wildman–Crippen LogP) is 2.08. The monoisotopic (exact) mass is 299 g/mol. The molecule has 0 aliphatic carbocycles. The maximum atomic E-state index is 9.56. The minimum absolute atomic E-state index is 0.167. The molecule has 1 aromatic carbocycles. The summed E-state index contributed by atoms with van der Waals surface area (Å²) in [7, 11) is 0. The Morgan fingerprint density at radius 1 is 1.29 bits per heavy atom. The van der Waals surface area contributed by atoms with E-state index in [4.69, 9.17) is 4.74 Å². The first-order valence-electron chi connectivity index (χ1n) is 5.93. The molecule has 2 N–H and O–H groups in total. The van der Waals surface area contributed by atoms with Crippen molar-refractivity contribution in [2.45, 2.75) is 24.9 Å². The summed E-state index contributed by atoms with van der Waals surface area (Å²) in [6.07, 6.45) is 1.74. The average molecular weight is 300 g/mol. The van der Waals surface area contributed by atoms with Crippen molar-refractivity contribution in [3.05, 3.63) is 34.3 Å². The molecular weight excluding hydrogens is 282 g/mol. The molecule has 0 aromatic heterocycles. The fraction of sp³-hybridized carbons (Fsp3) is 0.538. The molecule has 17 heavy (non-hydrogen) atoms. The van der Waals surface area contributed by atoms with Gasteiger partial charge < -0.3 is 15.2 Å². The van der Waals surface area contributed by atoms with E-state index in [1.807, 2.05) is 18.2 Å². The third-order valence-electron chi connectivity index (χ3n) is 3.36. The van der Waals surface area contributed by atoms with Gasteiger partial charge >= 0.3 is 0 Å². The first kappa shape index (κ1) is 13.0. The van der Waals surface area contributed by atoms with Crippen molar-refractivity contribution in [3.63, 3.8) is 0 Å². The summed E-state index contributed by atoms with van der Waals surface area (Å²) in [6, 6.07) is 8.15. The molecule has 0 atom stereocenters. The molecule has 0 unspecified atom stereocenters. The van der Waals surface area contributed by atoms with Crippen LogP contribution in [0.25, 0.3) is 0 Å². The molecule has 0 amide bonds. The molecule has 3 nitrogen and oxygen atoms in total. The quantitative estimate of drug-likeness (QED) is 0.894. The number of hydrogen-bond donors (Lipinski definition) is 2. The van der Waals surface area contributed by atoms with E-state index in [9.17, 15) is 5.11 Å². The number of aliphatic hydroxyl groups is 1. The van der Waals surface area contributed by atoms with E-state index < -0.39 is 0 Å². The Balaban J connectivity index is 1.98. The highest BCUT2D eigenvalue weighted by atomic mass is 79.9. The number of aliphatic hydroxyl groups excluding tert-OH is 1. The zero-order chi connectivity index (χ0) is 12.1. The lowest BCUT2D eigenvalue weighted by atomic mass is 9.91. The summed E-state index contributed by atoms with van der Waals surface area (Å²) in [4.78, 5) is 0. The van der Waals surface area contributed by atoms with Crippen LogP contribution < -0.4 is 5.32 Å². The second kappa shape index (κ2) is 5.96. The Hall–Kier alpha value is -0.420. The van der Waals surface area contributed by atoms with Gasteiger partial charge in [-0.1, -0.05) is 34.1 Å². The molecule has 1 aromatic rings. The van der Waals surface area contributed by atoms with Crippen LogP contribution in [0.3, 0.4) is 0 Å². The predicted molar refractivity (Wildman–Crippen MR) is 70.9 cm³/mol. The van der Waals surface area contributed by atoms with E-state index in [1.165, 1.54) is 5.56 Å². The number of hydrogen-bond acceptors (Lipinski definition) is 3. The third kappa shape index (κ3) is 3.28. The summed E-state index contributed by atoms with van der Waals surface area (Å²) >= 11 is 3.53. The highest BCUT2D eigenvalue weighted by molar-refractivity contribution is 9.10. The van der Waals surface area contributed by atoms with Gasteiger partial charge in [0.2, 0.25) is 0 Å². The molecule has 4 heteroatoms. The Kier molecular flexibility index (Phi) is 4.56. The van der Waals surface area contributed by atoms with Crippen LogP contribution in [0.4, 0.5) is 0 Å². The number of benzene rings is 1. The summed E-state index contributed by atoms with van der Waals surface area (Å²) in [5.41, 5.74) is 1.04. The largest absolute Gasteiger partial charge is 0.394 e. The minimum atomic E-state index is -0.173. The van der Waals surface area contributed by atoms with Crippen molar-refractivity contribution >= 4 is 15.9 Å². The van der Waals surface area contributed by atoms with Gasteiger partial charge in [0.1, 0.15) is 0 Å². The fourth-order valence-electron chi connectivity index (χ4n) is 2.08. The van der Waals surface area contributed by atoms with E-state index >= 15 is 0 Å². The molecule has 0 radical (unpaired) electrons. The van der Waals surface area contributed by atoms with Gasteiger partial charge in [0.05, 0.1) is 6.61 Å². The number of rotatable bonds is 4. The van der Waals surface area contributed by atoms with Crippen LogP contribution in [-0.4, -0.2) is 30.5 Å². The molecule has 1 aliphatic rings. The van der Waals surface area contributed by atoms with Crippen LogP contribution in [0, 0.1) is 0 Å². The van der Waals surface area contributed by atoms with Gasteiger partial charge in [-0.25, -0.2) is 0 Å². The maximum Gasteiger partial charge on any atom is 0.0615 e. The molecule has 0 spiro atoms. The van der Waals surface area contributed by atoms with Crippen LogP contribution in [0.5, 0.6) is 0 Å². The Morgan fingerprint density at radius 3 is 2.65 bits per heavy atom. The first-order valence-corrected chi connectivity index (χ1v) is 6.72. The highest BCUT2D eigenvalue weighted by Crippen LogP contribution is 2.22. The van der Waals surface area contributed by atoms with Crippen LogP contribution in [-0.2, 0) is 11.3 Å². The topological polar surface area (TPSA) is 41.5 Å². The average Bonchev–Trinajstić information content (AvgIpc) is 2.39. The van der Waals surface area contributed by atoms with Crippen molar-refractivity contribution in [1.29, 1.82) is 0 Å². The van der Waals surface area contributed by atoms with Crippen molar-refractivity contribution < 1.29 is 9.84 Å². The Labute approximate surface area is 110 Å². The normalized spacial score (nSPS) is 19.2. The number of halogens is 1. The van der Waals surface area contributed by atoms with E-state index in [0.29, 0.717) is 0 Å². The standard InChI is InChI=1S/C13H18BrNO2/c14-12-4-2-1-3-11(12)9-15-13(10-16)5-7-17-8-6-13/h1-4,15-16H,5-10H2. The SMILES string of the molecule is OCC1(NCc2ccccc2Br)CCOCC1. The van der Waals surface area contributed by atoms with Crippen molar-refractivity contribution in [2.75, 3.05) is 19.8 Å². The molecule has 1 saturated heterocycles. The van der Waals surface area contributed by atoms with E-state index in [1.54, 1.807) is 0 Å². The molecule has 1 aliphatic heterocycles. The highest BCUT2D eigenvalue weighted by Gasteiger charge is 2.31. The molecule has 94 valence electrons. The van der Waals surface area contributed by atoms with Gasteiger partial charge in [-0.2, -0.15) is 0 Å². The summed E-state index contributed by atoms with van der Waals surface area (Å²) in [5, 5.41) is 13.0. The molecule has 1 fully saturated rings. The van der Waals surface area contributed by atoms with Crippen LogP contribution in [0.2, 0.25) is 0 Å². The number of ether oxygens (including phenoxy) is 1. The summed E-state index contributed by atoms with van der Waals surface area (Å²) in [5.74, 6) is 0. The Bertz CT molecular complexity index is 364. The second-order valence-corrected chi connectivity index (χ2v) is 5.35. The zero-order valence-electron chi connectivity index (χ0n) is 9.79. The lowest BCUT2D eigenvalue weighted by Gasteiger charge is -2.36. The Morgan fingerprint density at radius 2 is 2.00 bits per heavy atom. The van der Waals surface area contributed by atoms with Crippen LogP contribution in [0.1, 0.15) is 18.4 Å². The molecular formula is C13H18BrNO2. The van der Waals surface area contributed by atoms with Crippen molar-refractivity contribution in [3.8, 4) is 0 Å². The number of nitrogens with one attached hydrogen (secondary N) is 1. The van der Waals surface area contributed by atoms with Crippen molar-refractivity contribution in [2.24, 2.45) is 0 Å². The van der Waals surface area contributed by atoms with Gasteiger partial charge in [0.15, 0.2) is 0 Å². The van der Waals surface area contributed by atoms with Gasteiger partial charge in [-0.3, -0.25) is 0 Å². The van der Waals surface area contributed by atoms with Gasteiger partial charge in [0, 0.05) is 29.8 Å². The lowest BCUT2D eigenvalue weighted by Crippen LogP contribution is -2.51. The van der Waals surface area contributed by atoms with Gasteiger partial charge in [-0.15, -0.1) is 0 Å². The van der Waals surface area contributed by atoms with Crippen LogP contribution in [0.15, 0.2) is 28.7 Å². The minimum Gasteiger partial charge on any atom is -0.394 e. The van der Waals surface area contributed by atoms with Gasteiger partial charge in [-0.05, 0) is 24.5 Å². The third-order valence-corrected chi connectivity index (χ3v) is 4.14. The smallest absolute Gasteiger partial charge is 0.0615 e. The second-order valence-electron chi connectivity index (χ2n) is 4.50. The summed E-state index contributed by atoms with van der Waals surface area (Å²) < 4.78 is 6.45. The molecule has 0 saturated carbocycles. The molecule has 0 bridgehead atoms.